The Morgan fingerprint density at radius 1 is 1.37 bits per heavy atom. The van der Waals surface area contributed by atoms with Crippen LogP contribution < -0.4 is 11.1 Å². The number of aliphatic hydroxyl groups is 1. The highest BCUT2D eigenvalue weighted by Gasteiger charge is 2.30. The Labute approximate surface area is 113 Å². The molecule has 106 valence electrons. The molecule has 19 heavy (non-hydrogen) atoms. The van der Waals surface area contributed by atoms with Crippen LogP contribution >= 0.6 is 0 Å². The maximum Gasteiger partial charge on any atom is 0.175 e. The second-order valence-electron chi connectivity index (χ2n) is 5.31. The molecular weight excluding hydrogens is 264 g/mol. The molecule has 0 spiro atoms. The normalized spacial score (nSPS) is 18.4. The van der Waals surface area contributed by atoms with Crippen molar-refractivity contribution in [3.63, 3.8) is 0 Å². The zero-order chi connectivity index (χ0) is 14.1. The van der Waals surface area contributed by atoms with Gasteiger partial charge < -0.3 is 16.2 Å². The number of sulfone groups is 1. The van der Waals surface area contributed by atoms with Crippen LogP contribution in [-0.4, -0.2) is 31.9 Å². The maximum atomic E-state index is 11.4. The van der Waals surface area contributed by atoms with Gasteiger partial charge in [-0.15, -0.1) is 0 Å². The molecule has 1 aliphatic carbocycles. The summed E-state index contributed by atoms with van der Waals surface area (Å²) >= 11 is 0. The van der Waals surface area contributed by atoms with E-state index in [9.17, 15) is 13.5 Å². The third-order valence-corrected chi connectivity index (χ3v) is 4.70. The van der Waals surface area contributed by atoms with E-state index in [4.69, 9.17) is 5.73 Å². The van der Waals surface area contributed by atoms with Crippen molar-refractivity contribution in [3.05, 3.63) is 18.2 Å². The van der Waals surface area contributed by atoms with Crippen molar-refractivity contribution in [1.29, 1.82) is 0 Å². The third-order valence-electron chi connectivity index (χ3n) is 3.59. The number of nitrogens with one attached hydrogen (secondary N) is 1. The molecule has 1 saturated carbocycles. The van der Waals surface area contributed by atoms with Crippen molar-refractivity contribution < 1.29 is 13.5 Å². The van der Waals surface area contributed by atoms with Crippen molar-refractivity contribution in [3.8, 4) is 0 Å². The molecule has 6 heteroatoms. The fourth-order valence-corrected chi connectivity index (χ4v) is 3.06. The van der Waals surface area contributed by atoms with Gasteiger partial charge in [-0.3, -0.25) is 0 Å². The van der Waals surface area contributed by atoms with Crippen LogP contribution in [0.15, 0.2) is 23.1 Å². The molecule has 1 aromatic carbocycles. The Balaban J connectivity index is 2.09. The molecule has 1 fully saturated rings. The Hall–Kier alpha value is -1.27. The number of hydrogen-bond donors (Lipinski definition) is 3. The monoisotopic (exact) mass is 284 g/mol. The second kappa shape index (κ2) is 5.02. The molecule has 2 rings (SSSR count). The van der Waals surface area contributed by atoms with E-state index in [1.54, 1.807) is 6.07 Å². The van der Waals surface area contributed by atoms with E-state index in [2.05, 4.69) is 5.32 Å². The molecule has 0 amide bonds. The van der Waals surface area contributed by atoms with Crippen molar-refractivity contribution in [1.82, 2.24) is 0 Å². The highest BCUT2D eigenvalue weighted by Crippen LogP contribution is 2.30. The van der Waals surface area contributed by atoms with Crippen molar-refractivity contribution in [2.45, 2.75) is 36.2 Å². The topological polar surface area (TPSA) is 92.4 Å². The Morgan fingerprint density at radius 3 is 2.53 bits per heavy atom. The van der Waals surface area contributed by atoms with Crippen LogP contribution in [0.3, 0.4) is 0 Å². The summed E-state index contributed by atoms with van der Waals surface area (Å²) in [7, 11) is -3.24. The molecule has 0 atom stereocenters. The van der Waals surface area contributed by atoms with Gasteiger partial charge in [-0.25, -0.2) is 8.42 Å². The molecule has 0 bridgehead atoms. The van der Waals surface area contributed by atoms with E-state index in [-0.39, 0.29) is 4.90 Å². The zero-order valence-corrected chi connectivity index (χ0v) is 11.8. The largest absolute Gasteiger partial charge is 0.397 e. The standard InChI is InChI=1S/C13H20N2O3S/c1-19(17,18)10-4-5-12(11(14)8-10)15-9-13(16)6-2-3-7-13/h4-5,8,15-16H,2-3,6-7,9,14H2,1H3. The summed E-state index contributed by atoms with van der Waals surface area (Å²) in [4.78, 5) is 0.204. The van der Waals surface area contributed by atoms with E-state index in [1.165, 1.54) is 12.1 Å². The number of rotatable bonds is 4. The van der Waals surface area contributed by atoms with Crippen LogP contribution in [-0.2, 0) is 9.84 Å². The Kier molecular flexibility index (Phi) is 3.73. The number of hydrogen-bond acceptors (Lipinski definition) is 5. The summed E-state index contributed by atoms with van der Waals surface area (Å²) in [5, 5.41) is 13.3. The Morgan fingerprint density at radius 2 is 2.00 bits per heavy atom. The minimum absolute atomic E-state index is 0.204. The maximum absolute atomic E-state index is 11.4. The average Bonchev–Trinajstić information content (AvgIpc) is 2.74. The Bertz CT molecular complexity index is 563. The van der Waals surface area contributed by atoms with Gasteiger partial charge >= 0.3 is 0 Å². The zero-order valence-electron chi connectivity index (χ0n) is 11.0. The van der Waals surface area contributed by atoms with Gasteiger partial charge in [0.15, 0.2) is 9.84 Å². The van der Waals surface area contributed by atoms with Crippen LogP contribution in [0.4, 0.5) is 11.4 Å². The van der Waals surface area contributed by atoms with Gasteiger partial charge in [-0.1, -0.05) is 12.8 Å². The van der Waals surface area contributed by atoms with Crippen LogP contribution in [0.1, 0.15) is 25.7 Å². The van der Waals surface area contributed by atoms with Gasteiger partial charge in [0.1, 0.15) is 0 Å². The second-order valence-corrected chi connectivity index (χ2v) is 7.32. The molecule has 0 aromatic heterocycles. The summed E-state index contributed by atoms with van der Waals surface area (Å²) in [5.41, 5.74) is 6.21. The van der Waals surface area contributed by atoms with E-state index < -0.39 is 15.4 Å². The third kappa shape index (κ3) is 3.39. The summed E-state index contributed by atoms with van der Waals surface area (Å²) in [6.07, 6.45) is 4.82. The average molecular weight is 284 g/mol. The minimum Gasteiger partial charge on any atom is -0.397 e. The number of nitrogens with two attached hydrogens (primary N) is 1. The lowest BCUT2D eigenvalue weighted by Crippen LogP contribution is -2.33. The van der Waals surface area contributed by atoms with E-state index in [0.717, 1.165) is 31.9 Å². The van der Waals surface area contributed by atoms with Crippen molar-refractivity contribution in [2.75, 3.05) is 23.9 Å². The first-order chi connectivity index (χ1) is 8.80. The molecule has 1 aromatic rings. The molecule has 0 saturated heterocycles. The fraction of sp³-hybridized carbons (Fsp3) is 0.538. The fourth-order valence-electron chi connectivity index (χ4n) is 2.40. The molecule has 5 nitrogen and oxygen atoms in total. The van der Waals surface area contributed by atoms with Gasteiger partial charge in [0.2, 0.25) is 0 Å². The molecule has 4 N–H and O–H groups in total. The van der Waals surface area contributed by atoms with Crippen molar-refractivity contribution in [2.24, 2.45) is 0 Å². The first kappa shape index (κ1) is 14.1. The highest BCUT2D eigenvalue weighted by atomic mass is 32.2. The van der Waals surface area contributed by atoms with Crippen LogP contribution in [0.25, 0.3) is 0 Å². The van der Waals surface area contributed by atoms with E-state index in [0.29, 0.717) is 17.9 Å². The molecular formula is C13H20N2O3S. The summed E-state index contributed by atoms with van der Waals surface area (Å²) in [5.74, 6) is 0. The summed E-state index contributed by atoms with van der Waals surface area (Å²) in [6.45, 7) is 0.440. The number of nitrogen functional groups attached to an aromatic ring is 1. The predicted octanol–water partition coefficient (Wildman–Crippen LogP) is 1.39. The SMILES string of the molecule is CS(=O)(=O)c1ccc(NCC2(O)CCCC2)c(N)c1. The van der Waals surface area contributed by atoms with E-state index >= 15 is 0 Å². The predicted molar refractivity (Wildman–Crippen MR) is 75.9 cm³/mol. The van der Waals surface area contributed by atoms with Gasteiger partial charge in [-0.2, -0.15) is 0 Å². The number of benzene rings is 1. The first-order valence-corrected chi connectivity index (χ1v) is 8.25. The molecule has 0 radical (unpaired) electrons. The van der Waals surface area contributed by atoms with Gasteiger partial charge in [0.25, 0.3) is 0 Å². The summed E-state index contributed by atoms with van der Waals surface area (Å²) < 4.78 is 22.8. The van der Waals surface area contributed by atoms with Crippen molar-refractivity contribution >= 4 is 21.2 Å². The van der Waals surface area contributed by atoms with Gasteiger partial charge in [0, 0.05) is 12.8 Å². The van der Waals surface area contributed by atoms with Gasteiger partial charge in [0.05, 0.1) is 21.9 Å². The minimum atomic E-state index is -3.24. The smallest absolute Gasteiger partial charge is 0.175 e. The van der Waals surface area contributed by atoms with Crippen LogP contribution in [0.5, 0.6) is 0 Å². The van der Waals surface area contributed by atoms with Crippen LogP contribution in [0.2, 0.25) is 0 Å². The lowest BCUT2D eigenvalue weighted by Gasteiger charge is -2.23. The van der Waals surface area contributed by atoms with Crippen LogP contribution in [0, 0.1) is 0 Å². The van der Waals surface area contributed by atoms with Gasteiger partial charge in [-0.05, 0) is 31.0 Å². The lowest BCUT2D eigenvalue weighted by atomic mass is 10.0. The highest BCUT2D eigenvalue weighted by molar-refractivity contribution is 7.90. The van der Waals surface area contributed by atoms with E-state index in [1.807, 2.05) is 0 Å². The quantitative estimate of drug-likeness (QED) is 0.727. The lowest BCUT2D eigenvalue weighted by molar-refractivity contribution is 0.0615. The number of anilines is 2. The molecule has 1 aliphatic rings. The molecule has 0 heterocycles. The summed E-state index contributed by atoms with van der Waals surface area (Å²) in [6, 6.07) is 4.60. The molecule has 0 aliphatic heterocycles. The molecule has 0 unspecified atom stereocenters. The first-order valence-electron chi connectivity index (χ1n) is 6.36.